The van der Waals surface area contributed by atoms with Crippen LogP contribution in [0.5, 0.6) is 0 Å². The summed E-state index contributed by atoms with van der Waals surface area (Å²) < 4.78 is 0. The predicted molar refractivity (Wildman–Crippen MR) is 133 cm³/mol. The zero-order valence-corrected chi connectivity index (χ0v) is 19.1. The molecule has 0 radical (unpaired) electrons. The maximum absolute atomic E-state index is 12.0. The quantitative estimate of drug-likeness (QED) is 0.443. The molecule has 0 unspecified atom stereocenters. The number of nitrogens with zero attached hydrogens (tertiary/aromatic N) is 4. The van der Waals surface area contributed by atoms with Gasteiger partial charge in [0.2, 0.25) is 5.95 Å². The third-order valence-corrected chi connectivity index (χ3v) is 6.64. The molecule has 2 atom stereocenters. The second-order valence-corrected chi connectivity index (χ2v) is 8.99. The summed E-state index contributed by atoms with van der Waals surface area (Å²) in [5.41, 5.74) is 15.5. The number of nitrogens with two attached hydrogens (primary N) is 2. The Kier molecular flexibility index (Phi) is 6.27. The fourth-order valence-corrected chi connectivity index (χ4v) is 4.74. The number of anilines is 4. The third kappa shape index (κ3) is 4.79. The molecule has 2 aliphatic rings. The predicted octanol–water partition coefficient (Wildman–Crippen LogP) is 2.96. The highest BCUT2D eigenvalue weighted by Crippen LogP contribution is 2.28. The van der Waals surface area contributed by atoms with Crippen LogP contribution in [0.4, 0.5) is 23.3 Å². The summed E-state index contributed by atoms with van der Waals surface area (Å²) in [5, 5.41) is 6.63. The zero-order chi connectivity index (χ0) is 23.5. The normalized spacial score (nSPS) is 19.9. The summed E-state index contributed by atoms with van der Waals surface area (Å²) in [6.07, 6.45) is 8.45. The van der Waals surface area contributed by atoms with Crippen LogP contribution < -0.4 is 27.0 Å². The third-order valence-electron chi connectivity index (χ3n) is 6.64. The molecular weight excluding hydrogens is 428 g/mol. The highest BCUT2D eigenvalue weighted by Gasteiger charge is 2.23. The first-order valence-electron chi connectivity index (χ1n) is 11.8. The molecule has 3 heterocycles. The first-order valence-corrected chi connectivity index (χ1v) is 11.8. The molecule has 0 spiro atoms. The number of aromatic nitrogens is 3. The van der Waals surface area contributed by atoms with Gasteiger partial charge in [0.15, 0.2) is 0 Å². The van der Waals surface area contributed by atoms with Gasteiger partial charge in [0, 0.05) is 43.3 Å². The molecule has 176 valence electrons. The molecule has 6 N–H and O–H groups in total. The molecule has 1 fully saturated rings. The Bertz CT molecular complexity index is 1170. The van der Waals surface area contributed by atoms with E-state index in [0.717, 1.165) is 56.7 Å². The summed E-state index contributed by atoms with van der Waals surface area (Å²) in [4.78, 5) is 27.7. The van der Waals surface area contributed by atoms with Gasteiger partial charge in [0.1, 0.15) is 17.2 Å². The average Bonchev–Trinajstić information content (AvgIpc) is 2.85. The monoisotopic (exact) mass is 458 g/mol. The molecule has 34 heavy (non-hydrogen) atoms. The van der Waals surface area contributed by atoms with Crippen LogP contribution in [0.2, 0.25) is 0 Å². The summed E-state index contributed by atoms with van der Waals surface area (Å²) in [6, 6.07) is 12.4. The molecule has 1 aromatic carbocycles. The first kappa shape index (κ1) is 22.1. The van der Waals surface area contributed by atoms with Gasteiger partial charge < -0.3 is 27.0 Å². The van der Waals surface area contributed by atoms with Crippen molar-refractivity contribution in [2.75, 3.05) is 22.1 Å². The Balaban J connectivity index is 1.37. The van der Waals surface area contributed by atoms with Crippen LogP contribution in [-0.4, -0.2) is 39.5 Å². The van der Waals surface area contributed by atoms with E-state index < -0.39 is 5.91 Å². The summed E-state index contributed by atoms with van der Waals surface area (Å²) in [7, 11) is 0. The fourth-order valence-electron chi connectivity index (χ4n) is 4.74. The standard InChI is InChI=1S/C25H30N8O/c26-20-5-1-2-6-21(20)31-25-29-14-19(23(27)34)24(32-25)30-18-9-8-16-10-12-33(15-17(16)13-18)22-7-3-4-11-28-22/h3-4,7-9,11,13-14,20-21H,1-2,5-6,10,12,15,26H2,(H2,27,34)(H2,29,30,31,32)/t20-,21+/m0/s1. The molecule has 2 aromatic heterocycles. The number of carbonyl (C=O) groups excluding carboxylic acids is 1. The van der Waals surface area contributed by atoms with Gasteiger partial charge in [0.25, 0.3) is 5.91 Å². The number of hydrogen-bond acceptors (Lipinski definition) is 8. The van der Waals surface area contributed by atoms with Crippen molar-refractivity contribution in [1.82, 2.24) is 15.0 Å². The van der Waals surface area contributed by atoms with Crippen molar-refractivity contribution in [1.29, 1.82) is 0 Å². The van der Waals surface area contributed by atoms with E-state index >= 15 is 0 Å². The molecule has 5 rings (SSSR count). The van der Waals surface area contributed by atoms with Crippen molar-refractivity contribution >= 4 is 29.2 Å². The second-order valence-electron chi connectivity index (χ2n) is 8.99. The number of rotatable bonds is 6. The molecule has 0 saturated heterocycles. The largest absolute Gasteiger partial charge is 0.365 e. The Morgan fingerprint density at radius 3 is 2.76 bits per heavy atom. The highest BCUT2D eigenvalue weighted by molar-refractivity contribution is 5.98. The van der Waals surface area contributed by atoms with Gasteiger partial charge in [-0.25, -0.2) is 9.97 Å². The summed E-state index contributed by atoms with van der Waals surface area (Å²) >= 11 is 0. The first-order chi connectivity index (χ1) is 16.6. The van der Waals surface area contributed by atoms with Crippen LogP contribution in [0.1, 0.15) is 47.2 Å². The van der Waals surface area contributed by atoms with Gasteiger partial charge in [-0.05, 0) is 54.7 Å². The number of fused-ring (bicyclic) bond motifs is 1. The van der Waals surface area contributed by atoms with Crippen molar-refractivity contribution in [3.8, 4) is 0 Å². The van der Waals surface area contributed by atoms with E-state index in [1.54, 1.807) is 0 Å². The van der Waals surface area contributed by atoms with E-state index in [2.05, 4.69) is 42.6 Å². The lowest BCUT2D eigenvalue weighted by Crippen LogP contribution is -2.43. The number of primary amides is 1. The Morgan fingerprint density at radius 1 is 1.09 bits per heavy atom. The van der Waals surface area contributed by atoms with Gasteiger partial charge in [-0.2, -0.15) is 4.98 Å². The topological polar surface area (TPSA) is 135 Å². The number of nitrogens with one attached hydrogen (secondary N) is 2. The Labute approximate surface area is 199 Å². The maximum Gasteiger partial charge on any atom is 0.254 e. The molecule has 1 saturated carbocycles. The van der Waals surface area contributed by atoms with Crippen LogP contribution >= 0.6 is 0 Å². The van der Waals surface area contributed by atoms with Crippen molar-refractivity contribution in [3.63, 3.8) is 0 Å². The average molecular weight is 459 g/mol. The van der Waals surface area contributed by atoms with E-state index in [4.69, 9.17) is 11.5 Å². The van der Waals surface area contributed by atoms with Gasteiger partial charge >= 0.3 is 0 Å². The lowest BCUT2D eigenvalue weighted by atomic mass is 9.91. The van der Waals surface area contributed by atoms with Crippen LogP contribution in [0.25, 0.3) is 0 Å². The molecule has 1 amide bonds. The SMILES string of the molecule is NC(=O)c1cnc(N[C@@H]2CCCC[C@@H]2N)nc1Nc1ccc2c(c1)CN(c1ccccn1)CC2. The number of carbonyl (C=O) groups is 1. The summed E-state index contributed by atoms with van der Waals surface area (Å²) in [6.45, 7) is 1.69. The molecule has 1 aliphatic carbocycles. The maximum atomic E-state index is 12.0. The molecule has 1 aliphatic heterocycles. The van der Waals surface area contributed by atoms with Crippen molar-refractivity contribution in [2.45, 2.75) is 50.7 Å². The van der Waals surface area contributed by atoms with Crippen molar-refractivity contribution < 1.29 is 4.79 Å². The Hall–Kier alpha value is -3.72. The van der Waals surface area contributed by atoms with Crippen molar-refractivity contribution in [3.05, 3.63) is 65.5 Å². The van der Waals surface area contributed by atoms with Gasteiger partial charge in [-0.3, -0.25) is 4.79 Å². The highest BCUT2D eigenvalue weighted by atomic mass is 16.1. The van der Waals surface area contributed by atoms with Crippen molar-refractivity contribution in [2.24, 2.45) is 11.5 Å². The van der Waals surface area contributed by atoms with E-state index in [9.17, 15) is 4.79 Å². The molecule has 9 heteroatoms. The number of hydrogen-bond donors (Lipinski definition) is 4. The number of amides is 1. The summed E-state index contributed by atoms with van der Waals surface area (Å²) in [5.74, 6) is 1.21. The van der Waals surface area contributed by atoms with Crippen LogP contribution in [0.15, 0.2) is 48.8 Å². The van der Waals surface area contributed by atoms with E-state index in [1.807, 2.05) is 30.5 Å². The van der Waals surface area contributed by atoms with Gasteiger partial charge in [0.05, 0.1) is 0 Å². The second kappa shape index (κ2) is 9.64. The minimum absolute atomic E-state index is 0.0623. The van der Waals surface area contributed by atoms with Crippen LogP contribution in [-0.2, 0) is 13.0 Å². The molecule has 0 bridgehead atoms. The lowest BCUT2D eigenvalue weighted by molar-refractivity contribution is 0.100. The van der Waals surface area contributed by atoms with E-state index in [-0.39, 0.29) is 17.6 Å². The van der Waals surface area contributed by atoms with E-state index in [1.165, 1.54) is 17.3 Å². The van der Waals surface area contributed by atoms with Crippen LogP contribution in [0, 0.1) is 0 Å². The lowest BCUT2D eigenvalue weighted by Gasteiger charge is -2.30. The van der Waals surface area contributed by atoms with E-state index in [0.29, 0.717) is 11.8 Å². The molecule has 3 aromatic rings. The van der Waals surface area contributed by atoms with Gasteiger partial charge in [-0.1, -0.05) is 25.0 Å². The minimum Gasteiger partial charge on any atom is -0.365 e. The smallest absolute Gasteiger partial charge is 0.254 e. The zero-order valence-electron chi connectivity index (χ0n) is 19.1. The number of benzene rings is 1. The molecule has 9 nitrogen and oxygen atoms in total. The van der Waals surface area contributed by atoms with Gasteiger partial charge in [-0.15, -0.1) is 0 Å². The molecular formula is C25H30N8O. The fraction of sp³-hybridized carbons (Fsp3) is 0.360. The Morgan fingerprint density at radius 2 is 1.97 bits per heavy atom. The minimum atomic E-state index is -0.581. The van der Waals surface area contributed by atoms with Crippen LogP contribution in [0.3, 0.4) is 0 Å². The number of pyridine rings is 1.